The van der Waals surface area contributed by atoms with Crippen LogP contribution in [0, 0.1) is 10.1 Å². The summed E-state index contributed by atoms with van der Waals surface area (Å²) in [6, 6.07) is 10.9. The molecule has 0 bridgehead atoms. The maximum absolute atomic E-state index is 12.4. The normalized spacial score (nSPS) is 11.5. The summed E-state index contributed by atoms with van der Waals surface area (Å²) in [5, 5.41) is 13.8. The fourth-order valence-corrected chi connectivity index (χ4v) is 4.32. The number of nitrogens with zero attached hydrogens (tertiary/aromatic N) is 2. The van der Waals surface area contributed by atoms with E-state index in [9.17, 15) is 18.5 Å². The van der Waals surface area contributed by atoms with Crippen molar-refractivity contribution in [2.24, 2.45) is 0 Å². The number of aromatic nitrogens is 1. The zero-order chi connectivity index (χ0) is 17.2. The van der Waals surface area contributed by atoms with E-state index in [1.807, 2.05) is 40.5 Å². The standard InChI is InChI=1S/C15H13N3O4S2/c19-18(20)13-5-1-2-6-14(13)24(21,22)16-11-12-7-10-23-15(12)17-8-3-4-9-17/h1-10,16H,11H2. The Kier molecular flexibility index (Phi) is 4.47. The molecule has 0 aliphatic heterocycles. The van der Waals surface area contributed by atoms with Crippen molar-refractivity contribution < 1.29 is 13.3 Å². The maximum atomic E-state index is 12.4. The van der Waals surface area contributed by atoms with E-state index in [2.05, 4.69) is 4.72 Å². The molecule has 0 unspecified atom stereocenters. The van der Waals surface area contributed by atoms with Crippen LogP contribution in [0.15, 0.2) is 65.1 Å². The average molecular weight is 363 g/mol. The summed E-state index contributed by atoms with van der Waals surface area (Å²) in [6.45, 7) is 0.0470. The number of nitro groups is 1. The average Bonchev–Trinajstić information content (AvgIpc) is 3.24. The van der Waals surface area contributed by atoms with Gasteiger partial charge < -0.3 is 4.57 Å². The Hall–Kier alpha value is -2.49. The SMILES string of the molecule is O=[N+]([O-])c1ccccc1S(=O)(=O)NCc1ccsc1-n1cccc1. The van der Waals surface area contributed by atoms with Crippen molar-refractivity contribution in [3.63, 3.8) is 0 Å². The van der Waals surface area contributed by atoms with Gasteiger partial charge in [-0.05, 0) is 29.6 Å². The number of sulfonamides is 1. The molecule has 3 rings (SSSR count). The highest BCUT2D eigenvalue weighted by Gasteiger charge is 2.25. The molecule has 9 heteroatoms. The molecule has 0 spiro atoms. The van der Waals surface area contributed by atoms with Gasteiger partial charge in [0, 0.05) is 30.6 Å². The molecule has 0 aliphatic carbocycles. The largest absolute Gasteiger partial charge is 0.315 e. The predicted octanol–water partition coefficient (Wildman–Crippen LogP) is 2.93. The molecular weight excluding hydrogens is 350 g/mol. The fraction of sp³-hybridized carbons (Fsp3) is 0.0667. The molecule has 0 radical (unpaired) electrons. The van der Waals surface area contributed by atoms with Gasteiger partial charge in [-0.1, -0.05) is 12.1 Å². The highest BCUT2D eigenvalue weighted by molar-refractivity contribution is 7.89. The van der Waals surface area contributed by atoms with E-state index in [-0.39, 0.29) is 11.4 Å². The topological polar surface area (TPSA) is 94.2 Å². The number of nitro benzene ring substituents is 1. The summed E-state index contributed by atoms with van der Waals surface area (Å²) in [5.41, 5.74) is 0.347. The first-order valence-electron chi connectivity index (χ1n) is 6.92. The first kappa shape index (κ1) is 16.4. The van der Waals surface area contributed by atoms with Crippen LogP contribution in [0.5, 0.6) is 0 Å². The first-order chi connectivity index (χ1) is 11.5. The Labute approximate surface area is 142 Å². The van der Waals surface area contributed by atoms with Gasteiger partial charge in [-0.25, -0.2) is 13.1 Å². The van der Waals surface area contributed by atoms with Crippen molar-refractivity contribution in [2.45, 2.75) is 11.4 Å². The number of nitrogens with one attached hydrogen (secondary N) is 1. The molecule has 0 saturated heterocycles. The lowest BCUT2D eigenvalue weighted by molar-refractivity contribution is -0.387. The Morgan fingerprint density at radius 2 is 1.83 bits per heavy atom. The minimum atomic E-state index is -3.99. The lowest BCUT2D eigenvalue weighted by Gasteiger charge is -2.08. The van der Waals surface area contributed by atoms with Crippen molar-refractivity contribution in [3.8, 4) is 5.00 Å². The molecular formula is C15H13N3O4S2. The molecule has 7 nitrogen and oxygen atoms in total. The van der Waals surface area contributed by atoms with Crippen molar-refractivity contribution >= 4 is 27.0 Å². The van der Waals surface area contributed by atoms with Crippen LogP contribution in [0.2, 0.25) is 0 Å². The second kappa shape index (κ2) is 6.56. The number of hydrogen-bond acceptors (Lipinski definition) is 5. The second-order valence-corrected chi connectivity index (χ2v) is 7.52. The van der Waals surface area contributed by atoms with E-state index in [4.69, 9.17) is 0 Å². The molecule has 0 amide bonds. The number of thiophene rings is 1. The number of rotatable bonds is 6. The Morgan fingerprint density at radius 3 is 2.54 bits per heavy atom. The second-order valence-electron chi connectivity index (χ2n) is 4.89. The van der Waals surface area contributed by atoms with Crippen molar-refractivity contribution in [1.29, 1.82) is 0 Å². The predicted molar refractivity (Wildman–Crippen MR) is 90.8 cm³/mol. The molecule has 1 aromatic carbocycles. The zero-order valence-corrected chi connectivity index (χ0v) is 14.0. The lowest BCUT2D eigenvalue weighted by atomic mass is 10.3. The Bertz CT molecular complexity index is 962. The van der Waals surface area contributed by atoms with Crippen LogP contribution in [0.3, 0.4) is 0 Å². The van der Waals surface area contributed by atoms with E-state index in [0.717, 1.165) is 10.6 Å². The van der Waals surface area contributed by atoms with Crippen LogP contribution >= 0.6 is 11.3 Å². The molecule has 124 valence electrons. The van der Waals surface area contributed by atoms with Gasteiger partial charge in [-0.2, -0.15) is 0 Å². The monoisotopic (exact) mass is 363 g/mol. The van der Waals surface area contributed by atoms with Crippen LogP contribution in [0.4, 0.5) is 5.69 Å². The Morgan fingerprint density at radius 1 is 1.12 bits per heavy atom. The minimum absolute atomic E-state index is 0.0470. The summed E-state index contributed by atoms with van der Waals surface area (Å²) in [4.78, 5) is 9.98. The minimum Gasteiger partial charge on any atom is -0.315 e. The molecule has 0 fully saturated rings. The van der Waals surface area contributed by atoms with Gasteiger partial charge in [0.2, 0.25) is 10.0 Å². The van der Waals surface area contributed by atoms with Gasteiger partial charge in [-0.15, -0.1) is 11.3 Å². The summed E-state index contributed by atoms with van der Waals surface area (Å²) >= 11 is 1.48. The van der Waals surface area contributed by atoms with Gasteiger partial charge in [0.05, 0.1) is 4.92 Å². The smallest absolute Gasteiger partial charge is 0.289 e. The third-order valence-electron chi connectivity index (χ3n) is 3.37. The van der Waals surface area contributed by atoms with Crippen LogP contribution in [-0.2, 0) is 16.6 Å². The molecule has 0 saturated carbocycles. The van der Waals surface area contributed by atoms with E-state index in [0.29, 0.717) is 0 Å². The van der Waals surface area contributed by atoms with E-state index < -0.39 is 20.6 Å². The maximum Gasteiger partial charge on any atom is 0.289 e. The molecule has 2 heterocycles. The van der Waals surface area contributed by atoms with Crippen LogP contribution in [-0.4, -0.2) is 17.9 Å². The number of hydrogen-bond donors (Lipinski definition) is 1. The van der Waals surface area contributed by atoms with E-state index >= 15 is 0 Å². The number of para-hydroxylation sites is 1. The van der Waals surface area contributed by atoms with Crippen LogP contribution in [0.1, 0.15) is 5.56 Å². The molecule has 0 aliphatic rings. The lowest BCUT2D eigenvalue weighted by Crippen LogP contribution is -2.24. The summed E-state index contributed by atoms with van der Waals surface area (Å²) < 4.78 is 29.2. The molecule has 1 N–H and O–H groups in total. The van der Waals surface area contributed by atoms with Crippen molar-refractivity contribution in [2.75, 3.05) is 0 Å². The summed E-state index contributed by atoms with van der Waals surface area (Å²) in [7, 11) is -3.99. The highest BCUT2D eigenvalue weighted by Crippen LogP contribution is 2.25. The number of benzene rings is 1. The third-order valence-corrected chi connectivity index (χ3v) is 5.78. The van der Waals surface area contributed by atoms with Gasteiger partial charge in [0.15, 0.2) is 4.90 Å². The molecule has 24 heavy (non-hydrogen) atoms. The zero-order valence-electron chi connectivity index (χ0n) is 12.3. The van der Waals surface area contributed by atoms with E-state index in [1.165, 1.54) is 35.6 Å². The Balaban J connectivity index is 1.85. The van der Waals surface area contributed by atoms with Crippen LogP contribution < -0.4 is 4.72 Å². The third kappa shape index (κ3) is 3.23. The van der Waals surface area contributed by atoms with Crippen LogP contribution in [0.25, 0.3) is 5.00 Å². The van der Waals surface area contributed by atoms with Gasteiger partial charge in [-0.3, -0.25) is 10.1 Å². The molecule has 2 aromatic heterocycles. The van der Waals surface area contributed by atoms with Crippen molar-refractivity contribution in [3.05, 3.63) is 75.9 Å². The summed E-state index contributed by atoms with van der Waals surface area (Å²) in [6.07, 6.45) is 3.73. The molecule has 0 atom stereocenters. The fourth-order valence-electron chi connectivity index (χ4n) is 2.24. The van der Waals surface area contributed by atoms with Gasteiger partial charge in [0.1, 0.15) is 5.00 Å². The van der Waals surface area contributed by atoms with Crippen molar-refractivity contribution in [1.82, 2.24) is 9.29 Å². The first-order valence-corrected chi connectivity index (χ1v) is 9.28. The van der Waals surface area contributed by atoms with Gasteiger partial charge in [0.25, 0.3) is 5.69 Å². The highest BCUT2D eigenvalue weighted by atomic mass is 32.2. The quantitative estimate of drug-likeness (QED) is 0.538. The van der Waals surface area contributed by atoms with Gasteiger partial charge >= 0.3 is 0 Å². The van der Waals surface area contributed by atoms with E-state index in [1.54, 1.807) is 0 Å². The summed E-state index contributed by atoms with van der Waals surface area (Å²) in [5.74, 6) is 0. The molecule has 3 aromatic rings.